The molecule has 5 heteroatoms. The molecule has 112 valence electrons. The number of alkyl halides is 3. The van der Waals surface area contributed by atoms with Gasteiger partial charge >= 0.3 is 6.18 Å². The third-order valence-corrected chi connectivity index (χ3v) is 7.41. The molecule has 0 aliphatic carbocycles. The van der Waals surface area contributed by atoms with Crippen LogP contribution < -0.4 is 10.4 Å². The minimum Gasteiger partial charge on any atom is -0.392 e. The molecule has 1 N–H and O–H groups in total. The van der Waals surface area contributed by atoms with E-state index in [0.717, 1.165) is 28.1 Å². The molecule has 2 rings (SSSR count). The van der Waals surface area contributed by atoms with E-state index in [0.29, 0.717) is 0 Å². The predicted molar refractivity (Wildman–Crippen MR) is 80.6 cm³/mol. The van der Waals surface area contributed by atoms with Crippen LogP contribution in [0.15, 0.2) is 48.5 Å². The van der Waals surface area contributed by atoms with Crippen LogP contribution in [-0.4, -0.2) is 13.2 Å². The van der Waals surface area contributed by atoms with E-state index in [-0.39, 0.29) is 6.61 Å². The van der Waals surface area contributed by atoms with Gasteiger partial charge in [-0.25, -0.2) is 0 Å². The van der Waals surface area contributed by atoms with Gasteiger partial charge in [-0.2, -0.15) is 13.2 Å². The number of aliphatic hydroxyl groups excluding tert-OH is 1. The lowest BCUT2D eigenvalue weighted by Crippen LogP contribution is -2.54. The van der Waals surface area contributed by atoms with Gasteiger partial charge in [0.05, 0.1) is 12.2 Å². The van der Waals surface area contributed by atoms with Crippen molar-refractivity contribution in [1.29, 1.82) is 0 Å². The van der Waals surface area contributed by atoms with Gasteiger partial charge in [0, 0.05) is 0 Å². The maximum absolute atomic E-state index is 12.6. The summed E-state index contributed by atoms with van der Waals surface area (Å²) in [6.45, 7) is 4.08. The lowest BCUT2D eigenvalue weighted by Gasteiger charge is -2.26. The van der Waals surface area contributed by atoms with Gasteiger partial charge in [-0.3, -0.25) is 0 Å². The van der Waals surface area contributed by atoms with Gasteiger partial charge in [0.1, 0.15) is 8.07 Å². The monoisotopic (exact) mass is 310 g/mol. The fourth-order valence-electron chi connectivity index (χ4n) is 2.50. The molecular formula is C16H17F3OSi. The van der Waals surface area contributed by atoms with Crippen LogP contribution in [0.1, 0.15) is 11.1 Å². The Bertz CT molecular complexity index is 618. The smallest absolute Gasteiger partial charge is 0.392 e. The fourth-order valence-corrected chi connectivity index (χ4v) is 5.29. The van der Waals surface area contributed by atoms with Crippen LogP contribution >= 0.6 is 0 Å². The minimum absolute atomic E-state index is 0.0623. The van der Waals surface area contributed by atoms with E-state index >= 15 is 0 Å². The molecule has 21 heavy (non-hydrogen) atoms. The molecule has 0 saturated carbocycles. The van der Waals surface area contributed by atoms with Crippen molar-refractivity contribution in [3.63, 3.8) is 0 Å². The maximum Gasteiger partial charge on any atom is 0.416 e. The van der Waals surface area contributed by atoms with Crippen molar-refractivity contribution in [2.75, 3.05) is 0 Å². The van der Waals surface area contributed by atoms with E-state index in [1.165, 1.54) is 0 Å². The maximum atomic E-state index is 12.6. The molecular weight excluding hydrogens is 293 g/mol. The average Bonchev–Trinajstić information content (AvgIpc) is 2.46. The standard InChI is InChI=1S/C16H17F3OSi/c1-21(2,15-6-4-3-5-12(15)11-20)14-9-7-13(8-10-14)16(17,18)19/h3-10,20H,11H2,1-2H3. The van der Waals surface area contributed by atoms with Gasteiger partial charge < -0.3 is 5.11 Å². The summed E-state index contributed by atoms with van der Waals surface area (Å²) in [6, 6.07) is 12.9. The van der Waals surface area contributed by atoms with Crippen molar-refractivity contribution in [3.05, 3.63) is 59.7 Å². The Labute approximate surface area is 123 Å². The van der Waals surface area contributed by atoms with Crippen molar-refractivity contribution in [2.45, 2.75) is 25.9 Å². The molecule has 0 spiro atoms. The molecule has 0 saturated heterocycles. The first-order chi connectivity index (χ1) is 9.76. The van der Waals surface area contributed by atoms with Crippen LogP contribution in [0.25, 0.3) is 0 Å². The van der Waals surface area contributed by atoms with Crippen LogP contribution in [0, 0.1) is 0 Å². The molecule has 0 aliphatic rings. The summed E-state index contributed by atoms with van der Waals surface area (Å²) in [5, 5.41) is 11.4. The zero-order chi connectivity index (χ0) is 15.7. The van der Waals surface area contributed by atoms with E-state index in [2.05, 4.69) is 13.1 Å². The van der Waals surface area contributed by atoms with Crippen LogP contribution in [0.3, 0.4) is 0 Å². The molecule has 0 bridgehead atoms. The second kappa shape index (κ2) is 5.65. The van der Waals surface area contributed by atoms with Crippen molar-refractivity contribution >= 4 is 18.4 Å². The first-order valence-electron chi connectivity index (χ1n) is 6.64. The van der Waals surface area contributed by atoms with Gasteiger partial charge in [0.25, 0.3) is 0 Å². The minimum atomic E-state index is -4.31. The zero-order valence-corrected chi connectivity index (χ0v) is 12.9. The normalized spacial score (nSPS) is 12.5. The summed E-state index contributed by atoms with van der Waals surface area (Å²) in [7, 11) is -2.13. The van der Waals surface area contributed by atoms with Crippen LogP contribution in [-0.2, 0) is 12.8 Å². The lowest BCUT2D eigenvalue weighted by atomic mass is 10.2. The highest BCUT2D eigenvalue weighted by molar-refractivity contribution is 7.00. The highest BCUT2D eigenvalue weighted by Gasteiger charge is 2.32. The molecule has 1 nitrogen and oxygen atoms in total. The van der Waals surface area contributed by atoms with E-state index in [1.807, 2.05) is 24.3 Å². The summed E-state index contributed by atoms with van der Waals surface area (Å²) in [5.41, 5.74) is 0.209. The van der Waals surface area contributed by atoms with Gasteiger partial charge in [-0.15, -0.1) is 0 Å². The number of hydrogen-bond acceptors (Lipinski definition) is 1. The second-order valence-electron chi connectivity index (χ2n) is 5.52. The molecule has 0 radical (unpaired) electrons. The average molecular weight is 310 g/mol. The Morgan fingerprint density at radius 1 is 0.952 bits per heavy atom. The second-order valence-corrected chi connectivity index (χ2v) is 9.88. The van der Waals surface area contributed by atoms with E-state index in [1.54, 1.807) is 12.1 Å². The van der Waals surface area contributed by atoms with Crippen molar-refractivity contribution < 1.29 is 18.3 Å². The Balaban J connectivity index is 2.44. The zero-order valence-electron chi connectivity index (χ0n) is 11.9. The van der Waals surface area contributed by atoms with E-state index < -0.39 is 19.8 Å². The molecule has 2 aromatic carbocycles. The van der Waals surface area contributed by atoms with E-state index in [4.69, 9.17) is 0 Å². The van der Waals surface area contributed by atoms with Crippen LogP contribution in [0.2, 0.25) is 13.1 Å². The first-order valence-corrected chi connectivity index (χ1v) is 9.64. The number of halogens is 3. The van der Waals surface area contributed by atoms with Crippen molar-refractivity contribution in [1.82, 2.24) is 0 Å². The van der Waals surface area contributed by atoms with Crippen LogP contribution in [0.4, 0.5) is 13.2 Å². The SMILES string of the molecule is C[Si](C)(c1ccc(C(F)(F)F)cc1)c1ccccc1CO. The molecule has 0 amide bonds. The Morgan fingerprint density at radius 2 is 1.52 bits per heavy atom. The molecule has 0 fully saturated rings. The summed E-state index contributed by atoms with van der Waals surface area (Å²) in [6.07, 6.45) is -4.31. The fraction of sp³-hybridized carbons (Fsp3) is 0.250. The van der Waals surface area contributed by atoms with Gasteiger partial charge in [-0.1, -0.05) is 66.8 Å². The molecule has 0 aromatic heterocycles. The van der Waals surface area contributed by atoms with Crippen molar-refractivity contribution in [3.8, 4) is 0 Å². The third kappa shape index (κ3) is 3.19. The summed E-state index contributed by atoms with van der Waals surface area (Å²) in [4.78, 5) is 0. The molecule has 0 unspecified atom stereocenters. The summed E-state index contributed by atoms with van der Waals surface area (Å²) < 4.78 is 37.9. The number of hydrogen-bond donors (Lipinski definition) is 1. The number of benzene rings is 2. The summed E-state index contributed by atoms with van der Waals surface area (Å²) in [5.74, 6) is 0. The van der Waals surface area contributed by atoms with Gasteiger partial charge in [-0.05, 0) is 10.8 Å². The van der Waals surface area contributed by atoms with Crippen molar-refractivity contribution in [2.24, 2.45) is 0 Å². The third-order valence-electron chi connectivity index (χ3n) is 3.79. The first kappa shape index (κ1) is 15.8. The molecule has 0 atom stereocenters. The number of rotatable bonds is 3. The summed E-state index contributed by atoms with van der Waals surface area (Å²) >= 11 is 0. The molecule has 0 heterocycles. The van der Waals surface area contributed by atoms with E-state index in [9.17, 15) is 18.3 Å². The molecule has 0 aliphatic heterocycles. The number of aliphatic hydroxyl groups is 1. The Kier molecular flexibility index (Phi) is 4.25. The predicted octanol–water partition coefficient (Wildman–Crippen LogP) is 3.02. The van der Waals surface area contributed by atoms with Gasteiger partial charge in [0.15, 0.2) is 0 Å². The lowest BCUT2D eigenvalue weighted by molar-refractivity contribution is -0.137. The quantitative estimate of drug-likeness (QED) is 0.864. The largest absolute Gasteiger partial charge is 0.416 e. The Morgan fingerprint density at radius 3 is 2.05 bits per heavy atom. The molecule has 2 aromatic rings. The Hall–Kier alpha value is -1.59. The van der Waals surface area contributed by atoms with Crippen LogP contribution in [0.5, 0.6) is 0 Å². The van der Waals surface area contributed by atoms with Gasteiger partial charge in [0.2, 0.25) is 0 Å². The highest BCUT2D eigenvalue weighted by atomic mass is 28.3. The highest BCUT2D eigenvalue weighted by Crippen LogP contribution is 2.28. The topological polar surface area (TPSA) is 20.2 Å².